The lowest BCUT2D eigenvalue weighted by atomic mass is 10.2. The highest BCUT2D eigenvalue weighted by atomic mass is 32.2. The minimum absolute atomic E-state index is 0.304. The van der Waals surface area contributed by atoms with E-state index in [4.69, 9.17) is 10.2 Å². The Kier molecular flexibility index (Phi) is 8.04. The van der Waals surface area contributed by atoms with Gasteiger partial charge in [0.25, 0.3) is 10.0 Å². The first-order valence-corrected chi connectivity index (χ1v) is 10.8. The lowest BCUT2D eigenvalue weighted by Crippen LogP contribution is -2.12. The molecule has 0 unspecified atom stereocenters. The molecule has 0 saturated carbocycles. The lowest BCUT2D eigenvalue weighted by Gasteiger charge is -2.07. The fourth-order valence-corrected chi connectivity index (χ4v) is 4.71. The van der Waals surface area contributed by atoms with Crippen molar-refractivity contribution in [1.82, 2.24) is 14.3 Å². The van der Waals surface area contributed by atoms with E-state index in [0.29, 0.717) is 34.4 Å². The smallest absolute Gasteiger partial charge is 0.328 e. The standard InChI is InChI=1S/C15H15N3O2S2.C4H4O4/c1-16-10-13-11-18(22(19,20)14-8-5-9-21-14)15(17-13)12-6-3-2-4-7-12;5-3(6)1-2-4(7)8/h2-9,11,16H,10H2,1H3;1-2H,(H,5,6)(H,7,8)/b;2-1+. The van der Waals surface area contributed by atoms with E-state index >= 15 is 0 Å². The number of carboxylic acid groups (broad SMARTS) is 2. The Labute approximate surface area is 177 Å². The molecule has 0 aliphatic carbocycles. The topological polar surface area (TPSA) is 139 Å². The van der Waals surface area contributed by atoms with Crippen molar-refractivity contribution in [3.63, 3.8) is 0 Å². The Balaban J connectivity index is 0.000000343. The van der Waals surface area contributed by atoms with E-state index in [2.05, 4.69) is 10.3 Å². The van der Waals surface area contributed by atoms with Crippen molar-refractivity contribution in [1.29, 1.82) is 0 Å². The van der Waals surface area contributed by atoms with Crippen LogP contribution in [0.5, 0.6) is 0 Å². The molecule has 0 fully saturated rings. The fourth-order valence-electron chi connectivity index (χ4n) is 2.29. The zero-order valence-electron chi connectivity index (χ0n) is 15.8. The van der Waals surface area contributed by atoms with Gasteiger partial charge in [-0.3, -0.25) is 0 Å². The van der Waals surface area contributed by atoms with Crippen molar-refractivity contribution in [3.05, 3.63) is 71.9 Å². The van der Waals surface area contributed by atoms with Crippen LogP contribution in [0.2, 0.25) is 0 Å². The zero-order chi connectivity index (χ0) is 22.1. The van der Waals surface area contributed by atoms with Crippen molar-refractivity contribution in [2.45, 2.75) is 10.8 Å². The summed E-state index contributed by atoms with van der Waals surface area (Å²) in [6.45, 7) is 0.507. The van der Waals surface area contributed by atoms with E-state index in [1.807, 2.05) is 30.3 Å². The number of benzene rings is 1. The number of hydrogen-bond acceptors (Lipinski definition) is 7. The van der Waals surface area contributed by atoms with Crippen LogP contribution in [-0.2, 0) is 26.2 Å². The van der Waals surface area contributed by atoms with Crippen LogP contribution in [0.1, 0.15) is 5.69 Å². The number of hydrogen-bond donors (Lipinski definition) is 3. The molecule has 2 heterocycles. The summed E-state index contributed by atoms with van der Waals surface area (Å²) in [4.78, 5) is 23.6. The van der Waals surface area contributed by atoms with E-state index in [0.717, 1.165) is 5.56 Å². The van der Waals surface area contributed by atoms with Gasteiger partial charge in [0.2, 0.25) is 0 Å². The molecule has 0 aliphatic heterocycles. The van der Waals surface area contributed by atoms with Crippen LogP contribution in [0.25, 0.3) is 11.4 Å². The van der Waals surface area contributed by atoms with Crippen LogP contribution in [0.4, 0.5) is 0 Å². The van der Waals surface area contributed by atoms with Crippen molar-refractivity contribution < 1.29 is 28.2 Å². The maximum absolute atomic E-state index is 12.8. The number of rotatable bonds is 7. The van der Waals surface area contributed by atoms with Crippen molar-refractivity contribution in [2.24, 2.45) is 0 Å². The van der Waals surface area contributed by atoms with Gasteiger partial charge in [0, 0.05) is 30.5 Å². The second-order valence-corrected chi connectivity index (χ2v) is 8.68. The molecule has 0 radical (unpaired) electrons. The molecule has 30 heavy (non-hydrogen) atoms. The van der Waals surface area contributed by atoms with Crippen molar-refractivity contribution >= 4 is 33.3 Å². The molecule has 158 valence electrons. The maximum atomic E-state index is 12.8. The number of carboxylic acids is 2. The number of aromatic nitrogens is 2. The third-order valence-electron chi connectivity index (χ3n) is 3.49. The Hall–Kier alpha value is -3.28. The molecule has 0 amide bonds. The van der Waals surface area contributed by atoms with Crippen LogP contribution in [0.15, 0.2) is 70.4 Å². The predicted molar refractivity (Wildman–Crippen MR) is 112 cm³/mol. The van der Waals surface area contributed by atoms with E-state index < -0.39 is 22.0 Å². The fraction of sp³-hybridized carbons (Fsp3) is 0.105. The summed E-state index contributed by atoms with van der Waals surface area (Å²) in [5.74, 6) is -2.08. The van der Waals surface area contributed by atoms with Gasteiger partial charge in [0.15, 0.2) is 5.82 Å². The quantitative estimate of drug-likeness (QED) is 0.467. The lowest BCUT2D eigenvalue weighted by molar-refractivity contribution is -0.134. The molecule has 9 nitrogen and oxygen atoms in total. The molecule has 0 spiro atoms. The summed E-state index contributed by atoms with van der Waals surface area (Å²) in [5.41, 5.74) is 1.45. The molecular weight excluding hydrogens is 430 g/mol. The summed E-state index contributed by atoms with van der Waals surface area (Å²) in [5, 5.41) is 20.4. The Morgan fingerprint density at radius 3 is 2.23 bits per heavy atom. The van der Waals surface area contributed by atoms with Gasteiger partial charge in [-0.1, -0.05) is 36.4 Å². The number of thiophene rings is 1. The van der Waals surface area contributed by atoms with Gasteiger partial charge in [0.05, 0.1) is 5.69 Å². The summed E-state index contributed by atoms with van der Waals surface area (Å²) in [6, 6.07) is 12.7. The van der Waals surface area contributed by atoms with Crippen LogP contribution in [0, 0.1) is 0 Å². The predicted octanol–water partition coefficient (Wildman–Crippen LogP) is 2.28. The monoisotopic (exact) mass is 449 g/mol. The Bertz CT molecular complexity index is 1100. The summed E-state index contributed by atoms with van der Waals surface area (Å²) in [6.07, 6.45) is 2.69. The first-order valence-electron chi connectivity index (χ1n) is 8.47. The summed E-state index contributed by atoms with van der Waals surface area (Å²) < 4.78 is 27.2. The molecule has 3 N–H and O–H groups in total. The molecule has 0 atom stereocenters. The molecular formula is C19H19N3O6S2. The highest BCUT2D eigenvalue weighted by Crippen LogP contribution is 2.26. The second kappa shape index (κ2) is 10.5. The number of imidazole rings is 1. The van der Waals surface area contributed by atoms with Gasteiger partial charge in [-0.05, 0) is 18.5 Å². The van der Waals surface area contributed by atoms with Crippen LogP contribution in [0.3, 0.4) is 0 Å². The number of aliphatic carboxylic acids is 2. The van der Waals surface area contributed by atoms with Gasteiger partial charge in [-0.15, -0.1) is 11.3 Å². The van der Waals surface area contributed by atoms with Crippen molar-refractivity contribution in [2.75, 3.05) is 7.05 Å². The molecule has 0 bridgehead atoms. The molecule has 0 saturated heterocycles. The molecule has 11 heteroatoms. The highest BCUT2D eigenvalue weighted by molar-refractivity contribution is 7.92. The normalized spacial score (nSPS) is 11.1. The SMILES string of the molecule is CNCc1cn(S(=O)(=O)c2cccs2)c(-c2ccccc2)n1.O=C(O)/C=C/C(=O)O. The average Bonchev–Trinajstić information content (AvgIpc) is 3.39. The van der Waals surface area contributed by atoms with E-state index in [1.54, 1.807) is 30.8 Å². The third-order valence-corrected chi connectivity index (χ3v) is 6.51. The Morgan fingerprint density at radius 1 is 1.10 bits per heavy atom. The molecule has 1 aromatic carbocycles. The van der Waals surface area contributed by atoms with Crippen LogP contribution < -0.4 is 5.32 Å². The first-order chi connectivity index (χ1) is 14.3. The summed E-state index contributed by atoms with van der Waals surface area (Å²) >= 11 is 1.20. The Morgan fingerprint density at radius 2 is 1.73 bits per heavy atom. The minimum Gasteiger partial charge on any atom is -0.478 e. The van der Waals surface area contributed by atoms with Gasteiger partial charge in [-0.2, -0.15) is 8.42 Å². The van der Waals surface area contributed by atoms with E-state index in [1.165, 1.54) is 15.3 Å². The van der Waals surface area contributed by atoms with Crippen LogP contribution >= 0.6 is 11.3 Å². The van der Waals surface area contributed by atoms with Crippen LogP contribution in [-0.4, -0.2) is 46.6 Å². The number of carbonyl (C=O) groups is 2. The largest absolute Gasteiger partial charge is 0.478 e. The van der Waals surface area contributed by atoms with Gasteiger partial charge >= 0.3 is 11.9 Å². The minimum atomic E-state index is -3.63. The van der Waals surface area contributed by atoms with Crippen molar-refractivity contribution in [3.8, 4) is 11.4 Å². The second-order valence-electron chi connectivity index (χ2n) is 5.69. The average molecular weight is 450 g/mol. The maximum Gasteiger partial charge on any atom is 0.328 e. The molecule has 2 aromatic heterocycles. The highest BCUT2D eigenvalue weighted by Gasteiger charge is 2.23. The number of nitrogens with one attached hydrogen (secondary N) is 1. The zero-order valence-corrected chi connectivity index (χ0v) is 17.4. The number of nitrogens with zero attached hydrogens (tertiary/aromatic N) is 2. The first kappa shape index (κ1) is 23.0. The van der Waals surface area contributed by atoms with Gasteiger partial charge in [-0.25, -0.2) is 18.5 Å². The van der Waals surface area contributed by atoms with Gasteiger partial charge in [0.1, 0.15) is 4.21 Å². The third kappa shape index (κ3) is 6.11. The van der Waals surface area contributed by atoms with Gasteiger partial charge < -0.3 is 15.5 Å². The van der Waals surface area contributed by atoms with E-state index in [9.17, 15) is 18.0 Å². The molecule has 3 aromatic rings. The molecule has 0 aliphatic rings. The molecule has 3 rings (SSSR count). The summed E-state index contributed by atoms with van der Waals surface area (Å²) in [7, 11) is -1.83. The van der Waals surface area contributed by atoms with E-state index in [-0.39, 0.29) is 0 Å².